The van der Waals surface area contributed by atoms with Crippen molar-refractivity contribution in [3.63, 3.8) is 0 Å². The van der Waals surface area contributed by atoms with E-state index in [1.54, 1.807) is 0 Å². The lowest BCUT2D eigenvalue weighted by molar-refractivity contribution is 0.668. The van der Waals surface area contributed by atoms with Crippen LogP contribution in [0.25, 0.3) is 197 Å². The van der Waals surface area contributed by atoms with Gasteiger partial charge in [-0.15, -0.1) is 0 Å². The van der Waals surface area contributed by atoms with Gasteiger partial charge in [-0.25, -0.2) is 0 Å². The van der Waals surface area contributed by atoms with E-state index in [0.717, 1.165) is 191 Å². The average molecular weight is 1730 g/mol. The first kappa shape index (κ1) is 76.6. The Kier molecular flexibility index (Phi) is 17.2. The summed E-state index contributed by atoms with van der Waals surface area (Å²) >= 11 is 0. The largest absolute Gasteiger partial charge is 0.456 e. The smallest absolute Gasteiger partial charge is 0.137 e. The number of aromatic nitrogens is 4. The maximum absolute atomic E-state index is 6.77. The third kappa shape index (κ3) is 11.7. The van der Waals surface area contributed by atoms with Gasteiger partial charge in [0.15, 0.2) is 0 Å². The van der Waals surface area contributed by atoms with Crippen LogP contribution in [0.3, 0.4) is 0 Å². The Bertz CT molecular complexity index is 9130. The molecule has 0 aliphatic rings. The molecule has 8 aromatic heterocycles. The van der Waals surface area contributed by atoms with Gasteiger partial charge in [-0.1, -0.05) is 158 Å². The molecular formula is C122H84N8O4. The first-order chi connectivity index (χ1) is 66.2. The number of anilines is 12. The van der Waals surface area contributed by atoms with E-state index in [4.69, 9.17) is 17.7 Å². The second-order valence-corrected chi connectivity index (χ2v) is 35.2. The van der Waals surface area contributed by atoms with Gasteiger partial charge in [0.2, 0.25) is 0 Å². The highest BCUT2D eigenvalue weighted by molar-refractivity contribution is 6.30. The van der Waals surface area contributed by atoms with E-state index in [1.165, 1.54) is 87.2 Å². The zero-order valence-electron chi connectivity index (χ0n) is 73.9. The minimum atomic E-state index is 0.839. The molecule has 0 fully saturated rings. The van der Waals surface area contributed by atoms with Crippen LogP contribution < -0.4 is 19.6 Å². The van der Waals surface area contributed by atoms with Crippen molar-refractivity contribution in [2.24, 2.45) is 14.1 Å². The highest BCUT2D eigenvalue weighted by Crippen LogP contribution is 2.51. The summed E-state index contributed by atoms with van der Waals surface area (Å²) in [6, 6.07) is 148. The molecule has 12 heteroatoms. The van der Waals surface area contributed by atoms with Gasteiger partial charge in [0.1, 0.15) is 44.7 Å². The van der Waals surface area contributed by atoms with Gasteiger partial charge in [-0.2, -0.15) is 0 Å². The maximum Gasteiger partial charge on any atom is 0.137 e. The Labute approximate surface area is 768 Å². The van der Waals surface area contributed by atoms with E-state index < -0.39 is 0 Å². The van der Waals surface area contributed by atoms with Crippen molar-refractivity contribution in [3.8, 4) is 0 Å². The molecule has 636 valence electrons. The second-order valence-electron chi connectivity index (χ2n) is 35.2. The fourth-order valence-electron chi connectivity index (χ4n) is 22.1. The van der Waals surface area contributed by atoms with Crippen molar-refractivity contribution in [2.45, 2.75) is 26.9 Å². The molecule has 28 aromatic rings. The maximum atomic E-state index is 6.77. The topological polar surface area (TPSA) is 85.2 Å². The first-order valence-electron chi connectivity index (χ1n) is 46.0. The third-order valence-corrected chi connectivity index (χ3v) is 28.1. The van der Waals surface area contributed by atoms with Crippen LogP contribution in [0.15, 0.2) is 430 Å². The monoisotopic (exact) mass is 1720 g/mol. The third-order valence-electron chi connectivity index (χ3n) is 28.1. The number of nitrogens with zero attached hydrogens (tertiary/aromatic N) is 8. The van der Waals surface area contributed by atoms with E-state index in [1.807, 2.05) is 0 Å². The van der Waals surface area contributed by atoms with Crippen molar-refractivity contribution < 1.29 is 17.7 Å². The predicted octanol–water partition coefficient (Wildman–Crippen LogP) is 34.7. The highest BCUT2D eigenvalue weighted by Gasteiger charge is 2.27. The quantitative estimate of drug-likeness (QED) is 0.106. The SMILES string of the molecule is CCn1c2ccccc2c2ccc(N(c3ccccc3)c3ccc4c(c3)oc3ccc5c(ccc6oc7cc(N(c8ccccc8)c8ccc9c%10ccccc%10n(CC)c9c8)ccc7c65)c34)cc21.Cn1c2ccccc2c2cc(N(c3ccccc3)c3ccc4c(c3)oc3ccc5c(ccc6oc7cc(N(c8ccccc8)c8ccc9c(c8)c8ccccc8n9C)ccc7c65)c34)ccc21. The van der Waals surface area contributed by atoms with Crippen molar-refractivity contribution in [1.82, 2.24) is 18.3 Å². The van der Waals surface area contributed by atoms with Crippen LogP contribution in [-0.2, 0) is 27.2 Å². The standard InChI is InChI=1S/C62H44N4O2.C60H40N4O2/c1-3-63-53-21-13-11-19-45(53)47-27-23-41(35-55(47)63)65(39-15-7-5-8-16-39)43-25-29-51-59(37-43)67-57-33-31-50-49(61(51)57)32-34-58-62(50)52-30-26-44(38-60(52)68-58)66(40-17-9-6-10-18-40)42-24-28-48-46-20-12-14-22-54(46)64(4-2)56(48)36-42;1-61-51-19-11-9-17-43(51)49-33-39(23-29-53(49)61)63(37-13-5-3-6-14-37)41-21-25-47-57(35-41)65-55-31-27-46-45(59(47)55)28-32-56-60(46)48-26-22-42(36-58(48)66-56)64(38-15-7-4-8-16-38)40-24-30-54-50(34-40)44-18-10-12-20-52(44)62(54)2/h5-38H,3-4H2,1-2H3;3-36H,1-2H3. The van der Waals surface area contributed by atoms with E-state index >= 15 is 0 Å². The number of para-hydroxylation sites is 8. The molecule has 0 spiro atoms. The Balaban J connectivity index is 0.000000137. The van der Waals surface area contributed by atoms with E-state index in [0.29, 0.717) is 0 Å². The minimum Gasteiger partial charge on any atom is -0.456 e. The summed E-state index contributed by atoms with van der Waals surface area (Å²) in [4.78, 5) is 9.31. The summed E-state index contributed by atoms with van der Waals surface area (Å²) in [7, 11) is 4.28. The minimum absolute atomic E-state index is 0.839. The van der Waals surface area contributed by atoms with Crippen LogP contribution in [0, 0.1) is 0 Å². The summed E-state index contributed by atoms with van der Waals surface area (Å²) in [6.45, 7) is 6.21. The van der Waals surface area contributed by atoms with Crippen LogP contribution in [0.2, 0.25) is 0 Å². The van der Waals surface area contributed by atoms with Crippen LogP contribution in [0.4, 0.5) is 68.2 Å². The molecule has 8 heterocycles. The number of hydrogen-bond acceptors (Lipinski definition) is 8. The van der Waals surface area contributed by atoms with Crippen molar-refractivity contribution in [2.75, 3.05) is 19.6 Å². The zero-order valence-corrected chi connectivity index (χ0v) is 73.9. The van der Waals surface area contributed by atoms with E-state index in [9.17, 15) is 0 Å². The molecule has 0 unspecified atom stereocenters. The molecule has 28 rings (SSSR count). The molecule has 20 aromatic carbocycles. The lowest BCUT2D eigenvalue weighted by atomic mass is 9.99. The molecule has 134 heavy (non-hydrogen) atoms. The summed E-state index contributed by atoms with van der Waals surface area (Å²) in [5, 5.41) is 23.3. The number of fused-ring (bicyclic) bond motifs is 30. The summed E-state index contributed by atoms with van der Waals surface area (Å²) in [6.07, 6.45) is 0. The van der Waals surface area contributed by atoms with Gasteiger partial charge < -0.3 is 55.5 Å². The van der Waals surface area contributed by atoms with Crippen LogP contribution in [0.5, 0.6) is 0 Å². The molecule has 0 atom stereocenters. The molecule has 0 saturated carbocycles. The van der Waals surface area contributed by atoms with Gasteiger partial charge in [-0.3, -0.25) is 0 Å². The average Bonchev–Trinajstić information content (AvgIpc) is 1.56. The predicted molar refractivity (Wildman–Crippen MR) is 561 cm³/mol. The second kappa shape index (κ2) is 30.1. The first-order valence-corrected chi connectivity index (χ1v) is 46.0. The van der Waals surface area contributed by atoms with Gasteiger partial charge in [-0.05, 0) is 266 Å². The van der Waals surface area contributed by atoms with Gasteiger partial charge >= 0.3 is 0 Å². The molecule has 0 aliphatic heterocycles. The van der Waals surface area contributed by atoms with Crippen LogP contribution in [0.1, 0.15) is 13.8 Å². The Hall–Kier alpha value is -17.5. The van der Waals surface area contributed by atoms with Gasteiger partial charge in [0.25, 0.3) is 0 Å². The molecule has 0 bridgehead atoms. The molecule has 0 aliphatic carbocycles. The zero-order chi connectivity index (χ0) is 88.7. The number of hydrogen-bond donors (Lipinski definition) is 0. The van der Waals surface area contributed by atoms with Crippen molar-refractivity contribution >= 4 is 265 Å². The number of furan rings is 4. The summed E-state index contributed by atoms with van der Waals surface area (Å²) in [5.41, 5.74) is 29.4. The molecule has 12 nitrogen and oxygen atoms in total. The van der Waals surface area contributed by atoms with Crippen LogP contribution >= 0.6 is 0 Å². The molecule has 0 saturated heterocycles. The number of rotatable bonds is 14. The molecule has 0 radical (unpaired) electrons. The number of aryl methyl sites for hydroxylation is 4. The Morgan fingerprint density at radius 2 is 0.381 bits per heavy atom. The van der Waals surface area contributed by atoms with E-state index in [2.05, 4.69) is 478 Å². The number of benzene rings is 20. The molecular weight excluding hydrogens is 1640 g/mol. The molecule has 0 amide bonds. The van der Waals surface area contributed by atoms with Crippen molar-refractivity contribution in [3.05, 3.63) is 413 Å². The van der Waals surface area contributed by atoms with Gasteiger partial charge in [0, 0.05) is 239 Å². The fraction of sp³-hybridized carbons (Fsp3) is 0.0492. The van der Waals surface area contributed by atoms with Crippen LogP contribution in [-0.4, -0.2) is 18.3 Å². The summed E-state index contributed by atoms with van der Waals surface area (Å²) in [5.74, 6) is 0. The lowest BCUT2D eigenvalue weighted by Gasteiger charge is -2.25. The summed E-state index contributed by atoms with van der Waals surface area (Å²) < 4.78 is 36.4. The van der Waals surface area contributed by atoms with Crippen molar-refractivity contribution in [1.29, 1.82) is 0 Å². The normalized spacial score (nSPS) is 12.1. The fourth-order valence-corrected chi connectivity index (χ4v) is 22.1. The Morgan fingerprint density at radius 1 is 0.164 bits per heavy atom. The van der Waals surface area contributed by atoms with E-state index in [-0.39, 0.29) is 0 Å². The van der Waals surface area contributed by atoms with Gasteiger partial charge in [0.05, 0.1) is 11.0 Å². The highest BCUT2D eigenvalue weighted by atomic mass is 16.3. The Morgan fingerprint density at radius 3 is 0.672 bits per heavy atom. The lowest BCUT2D eigenvalue weighted by Crippen LogP contribution is -2.10. The molecule has 0 N–H and O–H groups in total.